The number of carbonyl (C=O) groups excluding carboxylic acids is 3. The summed E-state index contributed by atoms with van der Waals surface area (Å²) < 4.78 is 13.7. The quantitative estimate of drug-likeness (QED) is 0.156. The first-order chi connectivity index (χ1) is 27.9. The minimum atomic E-state index is -2.52. The Morgan fingerprint density at radius 2 is 1.78 bits per heavy atom. The molecule has 4 aliphatic rings. The Morgan fingerprint density at radius 1 is 1.03 bits per heavy atom. The van der Waals surface area contributed by atoms with Gasteiger partial charge in [0.15, 0.2) is 5.60 Å². The Labute approximate surface area is 350 Å². The van der Waals surface area contributed by atoms with Crippen LogP contribution in [0.1, 0.15) is 48.4 Å². The predicted molar refractivity (Wildman–Crippen MR) is 232 cm³/mol. The lowest BCUT2D eigenvalue weighted by molar-refractivity contribution is -0.151. The Kier molecular flexibility index (Phi) is 11.4. The van der Waals surface area contributed by atoms with Crippen LogP contribution in [0.5, 0.6) is 5.75 Å². The number of nitrogens with zero attached hydrogens (tertiary/aromatic N) is 2. The standard InChI is InChI=1S/C46H53BrN4O6Si/c1-29-43(58(3,4)38-18-16-37(56-2)17-19-38)41(24-42(53)50-27-33-9-6-5-8-31(33)22-36(50)28-52)57-46(29)39-23-34(47)13-20-40(39)51(45(46)55)26-30-11-14-35(15-12-30)49-44(54)32-10-7-21-48-25-32/h5-6,8-9,11-20,23,29,32,36,41,43,48,52H,7,10,21-22,24-28H2,1-4H3,(H,49,54)/t29-,32?,36-,41+,43-,46+/m0/s1. The van der Waals surface area contributed by atoms with Gasteiger partial charge in [-0.15, -0.1) is 0 Å². The summed E-state index contributed by atoms with van der Waals surface area (Å²) in [6.07, 6.45) is 1.96. The molecule has 0 saturated carbocycles. The number of ether oxygens (including phenoxy) is 2. The smallest absolute Gasteiger partial charge is 0.264 e. The SMILES string of the molecule is COc1ccc([Si](C)(C)[C@@H]2[C@@H](CC(=O)N3Cc4ccccc4C[C@H]3CO)O[C@]3(C(=O)N(Cc4ccc(NC(=O)C5CCCNC5)cc4)c4ccc(Br)cc43)[C@H]2C)cc1. The second kappa shape index (κ2) is 16.4. The Bertz CT molecular complexity index is 2180. The van der Waals surface area contributed by atoms with Crippen molar-refractivity contribution in [2.45, 2.75) is 82.1 Å². The van der Waals surface area contributed by atoms with Crippen molar-refractivity contribution < 1.29 is 29.0 Å². The van der Waals surface area contributed by atoms with Gasteiger partial charge in [-0.05, 0) is 90.5 Å². The Balaban J connectivity index is 1.12. The number of piperidine rings is 1. The molecule has 304 valence electrons. The number of nitrogens with one attached hydrogen (secondary N) is 2. The topological polar surface area (TPSA) is 120 Å². The lowest BCUT2D eigenvalue weighted by Gasteiger charge is -2.39. The van der Waals surface area contributed by atoms with E-state index < -0.39 is 19.8 Å². The molecule has 3 amide bonds. The number of hydrogen-bond acceptors (Lipinski definition) is 7. The molecule has 10 nitrogen and oxygen atoms in total. The lowest BCUT2D eigenvalue weighted by Crippen LogP contribution is -2.52. The van der Waals surface area contributed by atoms with Crippen LogP contribution in [0.2, 0.25) is 18.6 Å². The van der Waals surface area contributed by atoms with Gasteiger partial charge in [-0.1, -0.05) is 89.7 Å². The van der Waals surface area contributed by atoms with Crippen LogP contribution in [-0.4, -0.2) is 74.8 Å². The van der Waals surface area contributed by atoms with Crippen LogP contribution in [0, 0.1) is 11.8 Å². The number of methoxy groups -OCH3 is 1. The van der Waals surface area contributed by atoms with Gasteiger partial charge in [-0.2, -0.15) is 0 Å². The van der Waals surface area contributed by atoms with E-state index in [4.69, 9.17) is 9.47 Å². The van der Waals surface area contributed by atoms with Gasteiger partial charge in [-0.25, -0.2) is 0 Å². The zero-order chi connectivity index (χ0) is 40.8. The maximum Gasteiger partial charge on any atom is 0.264 e. The monoisotopic (exact) mass is 864 g/mol. The number of carbonyl (C=O) groups is 3. The number of anilines is 2. The number of fused-ring (bicyclic) bond motifs is 3. The summed E-state index contributed by atoms with van der Waals surface area (Å²) in [5.74, 6) is 0.215. The first-order valence-corrected chi connectivity index (χ1v) is 24.3. The molecule has 6 atom stereocenters. The molecular weight excluding hydrogens is 813 g/mol. The second-order valence-corrected chi connectivity index (χ2v) is 22.6. The van der Waals surface area contributed by atoms with Gasteiger partial charge in [0, 0.05) is 34.7 Å². The molecule has 1 spiro atoms. The number of halogens is 1. The fourth-order valence-electron chi connectivity index (χ4n) is 10.2. The van der Waals surface area contributed by atoms with Gasteiger partial charge in [0.25, 0.3) is 5.91 Å². The average Bonchev–Trinajstić information content (AvgIpc) is 3.66. The first kappa shape index (κ1) is 40.4. The molecule has 2 fully saturated rings. The molecule has 4 aliphatic heterocycles. The summed E-state index contributed by atoms with van der Waals surface area (Å²) in [6.45, 7) is 8.98. The van der Waals surface area contributed by atoms with Gasteiger partial charge in [0.1, 0.15) is 5.75 Å². The summed E-state index contributed by atoms with van der Waals surface area (Å²) in [5, 5.41) is 18.1. The summed E-state index contributed by atoms with van der Waals surface area (Å²) in [4.78, 5) is 46.5. The summed E-state index contributed by atoms with van der Waals surface area (Å²) >= 11 is 3.71. The molecule has 58 heavy (non-hydrogen) atoms. The van der Waals surface area contributed by atoms with Crippen LogP contribution in [-0.2, 0) is 44.2 Å². The third-order valence-corrected chi connectivity index (χ3v) is 18.1. The normalized spacial score (nSPS) is 25.4. The first-order valence-electron chi connectivity index (χ1n) is 20.5. The molecule has 12 heteroatoms. The maximum atomic E-state index is 15.4. The van der Waals surface area contributed by atoms with Crippen molar-refractivity contribution in [3.63, 3.8) is 0 Å². The largest absolute Gasteiger partial charge is 0.497 e. The van der Waals surface area contributed by atoms with E-state index in [1.54, 1.807) is 7.11 Å². The predicted octanol–water partition coefficient (Wildman–Crippen LogP) is 6.49. The average molecular weight is 866 g/mol. The highest BCUT2D eigenvalue weighted by Gasteiger charge is 2.66. The van der Waals surface area contributed by atoms with Crippen molar-refractivity contribution in [1.82, 2.24) is 10.2 Å². The molecule has 0 aromatic heterocycles. The van der Waals surface area contributed by atoms with Gasteiger partial charge in [0.05, 0.1) is 58.5 Å². The number of amides is 3. The van der Waals surface area contributed by atoms with Crippen molar-refractivity contribution in [2.75, 3.05) is 37.0 Å². The highest BCUT2D eigenvalue weighted by molar-refractivity contribution is 9.10. The fourth-order valence-corrected chi connectivity index (χ4v) is 14.5. The van der Waals surface area contributed by atoms with Crippen LogP contribution in [0.4, 0.5) is 11.4 Å². The minimum Gasteiger partial charge on any atom is -0.497 e. The van der Waals surface area contributed by atoms with E-state index in [9.17, 15) is 14.7 Å². The van der Waals surface area contributed by atoms with Crippen molar-refractivity contribution in [1.29, 1.82) is 0 Å². The van der Waals surface area contributed by atoms with Crippen molar-refractivity contribution in [2.24, 2.45) is 11.8 Å². The molecule has 2 saturated heterocycles. The highest BCUT2D eigenvalue weighted by Crippen LogP contribution is 2.60. The maximum absolute atomic E-state index is 15.4. The molecule has 4 aromatic rings. The number of aliphatic hydroxyl groups excluding tert-OH is 1. The van der Waals surface area contributed by atoms with Gasteiger partial charge >= 0.3 is 0 Å². The number of aliphatic hydroxyl groups is 1. The molecule has 0 radical (unpaired) electrons. The summed E-state index contributed by atoms with van der Waals surface area (Å²) in [7, 11) is -0.859. The van der Waals surface area contributed by atoms with E-state index in [0.717, 1.165) is 63.2 Å². The van der Waals surface area contributed by atoms with Crippen LogP contribution >= 0.6 is 15.9 Å². The molecule has 1 unspecified atom stereocenters. The molecule has 4 aromatic carbocycles. The van der Waals surface area contributed by atoms with Crippen LogP contribution < -0.4 is 25.5 Å². The molecule has 8 rings (SSSR count). The third kappa shape index (κ3) is 7.31. The van der Waals surface area contributed by atoms with E-state index >= 15 is 4.79 Å². The fraction of sp³-hybridized carbons (Fsp3) is 0.413. The van der Waals surface area contributed by atoms with E-state index in [2.05, 4.69) is 64.8 Å². The van der Waals surface area contributed by atoms with Gasteiger partial charge < -0.3 is 35.0 Å². The van der Waals surface area contributed by atoms with Crippen LogP contribution in [0.15, 0.2) is 95.5 Å². The van der Waals surface area contributed by atoms with Crippen molar-refractivity contribution >= 4 is 58.3 Å². The zero-order valence-corrected chi connectivity index (χ0v) is 36.3. The number of benzene rings is 4. The van der Waals surface area contributed by atoms with E-state index in [0.29, 0.717) is 26.1 Å². The zero-order valence-electron chi connectivity index (χ0n) is 33.7. The molecule has 4 heterocycles. The lowest BCUT2D eigenvalue weighted by atomic mass is 9.82. The van der Waals surface area contributed by atoms with Crippen molar-refractivity contribution in [3.05, 3.63) is 118 Å². The van der Waals surface area contributed by atoms with Crippen LogP contribution in [0.3, 0.4) is 0 Å². The second-order valence-electron chi connectivity index (χ2n) is 17.0. The third-order valence-electron chi connectivity index (χ3n) is 13.3. The molecule has 3 N–H and O–H groups in total. The molecular formula is C46H53BrN4O6Si. The van der Waals surface area contributed by atoms with Crippen LogP contribution in [0.25, 0.3) is 0 Å². The highest BCUT2D eigenvalue weighted by atomic mass is 79.9. The summed E-state index contributed by atoms with van der Waals surface area (Å²) in [5.41, 5.74) is 3.98. The number of hydrogen-bond donors (Lipinski definition) is 3. The van der Waals surface area contributed by atoms with E-state index in [1.165, 1.54) is 5.19 Å². The van der Waals surface area contributed by atoms with Crippen molar-refractivity contribution in [3.8, 4) is 5.75 Å². The molecule has 0 aliphatic carbocycles. The summed E-state index contributed by atoms with van der Waals surface area (Å²) in [6, 6.07) is 29.6. The van der Waals surface area contributed by atoms with Gasteiger partial charge in [-0.3, -0.25) is 14.4 Å². The van der Waals surface area contributed by atoms with Gasteiger partial charge in [0.2, 0.25) is 11.8 Å². The Hall–Kier alpha value is -4.33. The number of rotatable bonds is 10. The van der Waals surface area contributed by atoms with E-state index in [1.807, 2.05) is 82.6 Å². The van der Waals surface area contributed by atoms with E-state index in [-0.39, 0.29) is 54.2 Å². The minimum absolute atomic E-state index is 0.0178. The Morgan fingerprint density at radius 3 is 2.47 bits per heavy atom. The molecule has 0 bridgehead atoms.